The van der Waals surface area contributed by atoms with Crippen LogP contribution in [0.25, 0.3) is 0 Å². The lowest BCUT2D eigenvalue weighted by atomic mass is 10.0. The van der Waals surface area contributed by atoms with Crippen molar-refractivity contribution >= 4 is 38.1 Å². The molecule has 0 bridgehead atoms. The van der Waals surface area contributed by atoms with Crippen molar-refractivity contribution in [3.05, 3.63) is 70.7 Å². The van der Waals surface area contributed by atoms with Gasteiger partial charge in [-0.15, -0.1) is 11.3 Å². The third kappa shape index (κ3) is 6.19. The zero-order valence-electron chi connectivity index (χ0n) is 18.7. The molecule has 0 spiro atoms. The van der Waals surface area contributed by atoms with Crippen molar-refractivity contribution in [3.63, 3.8) is 0 Å². The molecule has 4 rings (SSSR count). The van der Waals surface area contributed by atoms with Gasteiger partial charge >= 0.3 is 0 Å². The first-order valence-electron chi connectivity index (χ1n) is 11.0. The van der Waals surface area contributed by atoms with Crippen LogP contribution in [-0.4, -0.2) is 37.3 Å². The highest BCUT2D eigenvalue weighted by atomic mass is 32.2. The number of aromatic nitrogens is 1. The Balaban J connectivity index is 1.36. The number of sulfonamides is 1. The van der Waals surface area contributed by atoms with Crippen LogP contribution in [0.1, 0.15) is 41.4 Å². The average molecular weight is 485 g/mol. The Labute approximate surface area is 198 Å². The second-order valence-corrected chi connectivity index (χ2v) is 11.1. The maximum Gasteiger partial charge on any atom is 0.261 e. The number of benzene rings is 2. The minimum Gasteiger partial charge on any atom is -0.298 e. The van der Waals surface area contributed by atoms with E-state index in [0.29, 0.717) is 22.3 Å². The highest BCUT2D eigenvalue weighted by Crippen LogP contribution is 2.22. The van der Waals surface area contributed by atoms with E-state index in [4.69, 9.17) is 0 Å². The number of anilines is 2. The molecule has 1 aromatic heterocycles. The average Bonchev–Trinajstić information content (AvgIpc) is 3.22. The number of piperidine rings is 1. The minimum absolute atomic E-state index is 0.0897. The number of nitrogens with one attached hydrogen (secondary N) is 2. The summed E-state index contributed by atoms with van der Waals surface area (Å²) in [5, 5.41) is 5.33. The number of carbonyl (C=O) groups is 1. The van der Waals surface area contributed by atoms with E-state index in [1.54, 1.807) is 12.1 Å². The van der Waals surface area contributed by atoms with Gasteiger partial charge in [-0.2, -0.15) is 0 Å². The largest absolute Gasteiger partial charge is 0.298 e. The van der Waals surface area contributed by atoms with Crippen molar-refractivity contribution in [3.8, 4) is 0 Å². The Morgan fingerprint density at radius 2 is 1.88 bits per heavy atom. The molecule has 2 aromatic carbocycles. The molecule has 1 unspecified atom stereocenters. The Bertz CT molecular complexity index is 1210. The minimum atomic E-state index is -3.74. The van der Waals surface area contributed by atoms with Crippen LogP contribution in [0.4, 0.5) is 10.8 Å². The zero-order chi connectivity index (χ0) is 23.4. The van der Waals surface area contributed by atoms with Crippen LogP contribution < -0.4 is 10.0 Å². The zero-order valence-corrected chi connectivity index (χ0v) is 20.4. The van der Waals surface area contributed by atoms with Gasteiger partial charge in [-0.1, -0.05) is 24.6 Å². The molecule has 174 valence electrons. The Hall–Kier alpha value is -2.75. The van der Waals surface area contributed by atoms with Gasteiger partial charge in [-0.05, 0) is 68.6 Å². The van der Waals surface area contributed by atoms with Gasteiger partial charge in [0, 0.05) is 29.7 Å². The first kappa shape index (κ1) is 23.4. The summed E-state index contributed by atoms with van der Waals surface area (Å²) in [6, 6.07) is 13.0. The summed E-state index contributed by atoms with van der Waals surface area (Å²) in [4.78, 5) is 19.7. The highest BCUT2D eigenvalue weighted by molar-refractivity contribution is 7.92. The van der Waals surface area contributed by atoms with Crippen LogP contribution >= 0.6 is 11.3 Å². The van der Waals surface area contributed by atoms with Crippen molar-refractivity contribution < 1.29 is 13.2 Å². The van der Waals surface area contributed by atoms with E-state index in [1.165, 1.54) is 48.4 Å². The van der Waals surface area contributed by atoms with Gasteiger partial charge in [-0.25, -0.2) is 13.4 Å². The monoisotopic (exact) mass is 484 g/mol. The van der Waals surface area contributed by atoms with Crippen LogP contribution in [-0.2, 0) is 16.6 Å². The summed E-state index contributed by atoms with van der Waals surface area (Å²) in [6.45, 7) is 7.15. The van der Waals surface area contributed by atoms with Gasteiger partial charge in [0.2, 0.25) is 0 Å². The lowest BCUT2D eigenvalue weighted by Crippen LogP contribution is -2.33. The van der Waals surface area contributed by atoms with Crippen molar-refractivity contribution in [2.75, 3.05) is 23.1 Å². The van der Waals surface area contributed by atoms with Gasteiger partial charge in [0.15, 0.2) is 5.13 Å². The number of aryl methyl sites for hydroxylation is 1. The molecule has 9 heteroatoms. The molecule has 1 atom stereocenters. The summed E-state index contributed by atoms with van der Waals surface area (Å²) < 4.78 is 27.8. The van der Waals surface area contributed by atoms with Crippen LogP contribution in [0.15, 0.2) is 58.8 Å². The molecule has 1 fully saturated rings. The topological polar surface area (TPSA) is 91.4 Å². The molecule has 2 heterocycles. The fourth-order valence-electron chi connectivity index (χ4n) is 3.89. The van der Waals surface area contributed by atoms with E-state index in [0.717, 1.165) is 30.9 Å². The molecular formula is C24H28N4O3S2. The van der Waals surface area contributed by atoms with Crippen LogP contribution in [0.5, 0.6) is 0 Å². The number of nitrogens with zero attached hydrogens (tertiary/aromatic N) is 2. The number of hydrogen-bond acceptors (Lipinski definition) is 6. The number of thiazole rings is 1. The number of likely N-dealkylation sites (tertiary alicyclic amines) is 1. The maximum absolute atomic E-state index is 12.6. The summed E-state index contributed by atoms with van der Waals surface area (Å²) in [7, 11) is -3.74. The standard InChI is InChI=1S/C24H28N4O3S2/c1-17-5-9-20(10-6-17)27-33(30,31)22-11-7-19(8-12-22)23(29)26-24-25-21(16-32-24)15-28-13-3-4-18(2)14-28/h5-12,16,18,27H,3-4,13-15H2,1-2H3,(H,25,26,29). The molecule has 0 saturated carbocycles. The molecule has 3 aromatic rings. The number of amides is 1. The molecular weight excluding hydrogens is 456 g/mol. The first-order chi connectivity index (χ1) is 15.8. The Kier molecular flexibility index (Phi) is 7.11. The van der Waals surface area contributed by atoms with Crippen molar-refractivity contribution in [2.24, 2.45) is 5.92 Å². The summed E-state index contributed by atoms with van der Waals surface area (Å²) in [5.74, 6) is 0.383. The second-order valence-electron chi connectivity index (χ2n) is 8.58. The summed E-state index contributed by atoms with van der Waals surface area (Å²) >= 11 is 1.40. The van der Waals surface area contributed by atoms with Gasteiger partial charge in [0.1, 0.15) is 0 Å². The number of carbonyl (C=O) groups excluding carboxylic acids is 1. The first-order valence-corrected chi connectivity index (χ1v) is 13.3. The van der Waals surface area contributed by atoms with E-state index in [-0.39, 0.29) is 10.8 Å². The molecule has 33 heavy (non-hydrogen) atoms. The quantitative estimate of drug-likeness (QED) is 0.506. The van der Waals surface area contributed by atoms with E-state index < -0.39 is 10.0 Å². The molecule has 1 aliphatic rings. The molecule has 0 radical (unpaired) electrons. The smallest absolute Gasteiger partial charge is 0.261 e. The maximum atomic E-state index is 12.6. The fourth-order valence-corrected chi connectivity index (χ4v) is 5.64. The van der Waals surface area contributed by atoms with Gasteiger partial charge < -0.3 is 0 Å². The summed E-state index contributed by atoms with van der Waals surface area (Å²) in [5.41, 5.74) is 2.85. The van der Waals surface area contributed by atoms with Gasteiger partial charge in [0.25, 0.3) is 15.9 Å². The second kappa shape index (κ2) is 10.0. The van der Waals surface area contributed by atoms with Crippen LogP contribution in [0.2, 0.25) is 0 Å². The van der Waals surface area contributed by atoms with Gasteiger partial charge in [0.05, 0.1) is 10.6 Å². The molecule has 1 saturated heterocycles. The van der Waals surface area contributed by atoms with E-state index >= 15 is 0 Å². The molecule has 2 N–H and O–H groups in total. The number of hydrogen-bond donors (Lipinski definition) is 2. The van der Waals surface area contributed by atoms with Crippen molar-refractivity contribution in [2.45, 2.75) is 38.1 Å². The van der Waals surface area contributed by atoms with E-state index in [1.807, 2.05) is 24.4 Å². The number of rotatable bonds is 7. The van der Waals surface area contributed by atoms with Crippen molar-refractivity contribution in [1.29, 1.82) is 0 Å². The molecule has 1 amide bonds. The third-order valence-electron chi connectivity index (χ3n) is 5.63. The molecule has 0 aliphatic carbocycles. The molecule has 1 aliphatic heterocycles. The normalized spacial score (nSPS) is 17.0. The Morgan fingerprint density at radius 3 is 2.58 bits per heavy atom. The van der Waals surface area contributed by atoms with Crippen LogP contribution in [0, 0.1) is 12.8 Å². The van der Waals surface area contributed by atoms with Crippen LogP contribution in [0.3, 0.4) is 0 Å². The lowest BCUT2D eigenvalue weighted by molar-refractivity contribution is 0.102. The highest BCUT2D eigenvalue weighted by Gasteiger charge is 2.18. The Morgan fingerprint density at radius 1 is 1.15 bits per heavy atom. The van der Waals surface area contributed by atoms with Crippen molar-refractivity contribution in [1.82, 2.24) is 9.88 Å². The van der Waals surface area contributed by atoms with Gasteiger partial charge in [-0.3, -0.25) is 19.7 Å². The third-order valence-corrected chi connectivity index (χ3v) is 7.83. The van der Waals surface area contributed by atoms with E-state index in [9.17, 15) is 13.2 Å². The predicted molar refractivity (Wildman–Crippen MR) is 132 cm³/mol. The summed E-state index contributed by atoms with van der Waals surface area (Å²) in [6.07, 6.45) is 2.48. The molecule has 7 nitrogen and oxygen atoms in total. The lowest BCUT2D eigenvalue weighted by Gasteiger charge is -2.30. The SMILES string of the molecule is Cc1ccc(NS(=O)(=O)c2ccc(C(=O)Nc3nc(CN4CCCC(C)C4)cs3)cc2)cc1. The van der Waals surface area contributed by atoms with E-state index in [2.05, 4.69) is 26.8 Å². The fraction of sp³-hybridized carbons (Fsp3) is 0.333. The predicted octanol–water partition coefficient (Wildman–Crippen LogP) is 4.74.